The molecule has 0 radical (unpaired) electrons. The highest BCUT2D eigenvalue weighted by atomic mass is 32.1. The first kappa shape index (κ1) is 30.6. The molecule has 0 saturated heterocycles. The second kappa shape index (κ2) is 10.8. The van der Waals surface area contributed by atoms with E-state index in [0.29, 0.717) is 5.41 Å². The highest BCUT2D eigenvalue weighted by Crippen LogP contribution is 2.61. The molecule has 6 bridgehead atoms. The van der Waals surface area contributed by atoms with E-state index in [9.17, 15) is 0 Å². The van der Waals surface area contributed by atoms with Crippen molar-refractivity contribution in [1.82, 2.24) is 0 Å². The molecule has 0 amide bonds. The first-order chi connectivity index (χ1) is 25.4. The van der Waals surface area contributed by atoms with Crippen molar-refractivity contribution in [1.29, 1.82) is 0 Å². The van der Waals surface area contributed by atoms with Gasteiger partial charge in [-0.25, -0.2) is 0 Å². The Bertz CT molecular complexity index is 2360. The van der Waals surface area contributed by atoms with E-state index < -0.39 is 0 Å². The van der Waals surface area contributed by atoms with Crippen molar-refractivity contribution in [3.63, 3.8) is 0 Å². The van der Waals surface area contributed by atoms with Crippen molar-refractivity contribution in [3.05, 3.63) is 125 Å². The second-order valence-corrected chi connectivity index (χ2v) is 19.9. The Morgan fingerprint density at radius 2 is 1.29 bits per heavy atom. The molecular weight excluding hydrogens is 647 g/mol. The lowest BCUT2D eigenvalue weighted by Gasteiger charge is -2.57. The normalized spacial score (nSPS) is 30.3. The molecule has 5 aromatic carbocycles. The zero-order chi connectivity index (χ0) is 34.3. The predicted molar refractivity (Wildman–Crippen MR) is 220 cm³/mol. The number of anilines is 3. The molecule has 6 fully saturated rings. The number of rotatable bonds is 5. The summed E-state index contributed by atoms with van der Waals surface area (Å²) in [6.07, 6.45) is 14.5. The van der Waals surface area contributed by atoms with Crippen LogP contribution in [0.1, 0.15) is 106 Å². The van der Waals surface area contributed by atoms with E-state index in [1.54, 1.807) is 11.1 Å². The fraction of sp³-hybridized carbons (Fsp3) is 0.400. The number of nitrogens with zero attached hydrogens (tertiary/aromatic N) is 1. The Kier molecular flexibility index (Phi) is 6.38. The summed E-state index contributed by atoms with van der Waals surface area (Å²) in [5, 5.41) is 2.83. The van der Waals surface area contributed by atoms with Crippen LogP contribution in [0, 0.1) is 29.6 Å². The standard InChI is InChI=1S/C50H49NS/c1-49(2)43-19-20-46-48(41-5-3-4-6-45(41)52-46)47(43)40-18-17-39(26-44(40)49)51(37-13-9-34(10-14-37)42-25-30-7-8-35(42)24-30)38-15-11-36(12-16-38)50-27-31-21-32(28-50)23-33(22-31)29-50/h3-6,9-20,26,30-33,35,42H,7-8,21-25,27-29H2,1-2H3. The van der Waals surface area contributed by atoms with Gasteiger partial charge in [0.05, 0.1) is 0 Å². The Labute approximate surface area is 313 Å². The van der Waals surface area contributed by atoms with Gasteiger partial charge in [-0.1, -0.05) is 74.9 Å². The number of hydrogen-bond acceptors (Lipinski definition) is 2. The molecule has 2 heteroatoms. The van der Waals surface area contributed by atoms with Crippen LogP contribution >= 0.6 is 11.3 Å². The molecule has 7 aliphatic rings. The first-order valence-electron chi connectivity index (χ1n) is 20.5. The lowest BCUT2D eigenvalue weighted by Crippen LogP contribution is -2.48. The van der Waals surface area contributed by atoms with Gasteiger partial charge in [0.2, 0.25) is 0 Å². The number of benzene rings is 5. The maximum atomic E-state index is 2.56. The summed E-state index contributed by atoms with van der Waals surface area (Å²) in [6.45, 7) is 4.88. The largest absolute Gasteiger partial charge is 0.310 e. The van der Waals surface area contributed by atoms with Crippen molar-refractivity contribution in [2.75, 3.05) is 4.90 Å². The zero-order valence-electron chi connectivity index (χ0n) is 30.7. The molecular formula is C50H49NS. The van der Waals surface area contributed by atoms with Crippen LogP contribution in [0.15, 0.2) is 103 Å². The summed E-state index contributed by atoms with van der Waals surface area (Å²) in [5.41, 5.74) is 13.1. The molecule has 0 aliphatic heterocycles. The summed E-state index contributed by atoms with van der Waals surface area (Å²) < 4.78 is 2.77. The molecule has 3 atom stereocenters. The quantitative estimate of drug-likeness (QED) is 0.174. The monoisotopic (exact) mass is 695 g/mol. The molecule has 6 aromatic rings. The van der Waals surface area contributed by atoms with E-state index in [-0.39, 0.29) is 5.41 Å². The molecule has 1 heterocycles. The third-order valence-corrected chi connectivity index (χ3v) is 16.7. The zero-order valence-corrected chi connectivity index (χ0v) is 31.5. The Morgan fingerprint density at radius 1 is 0.596 bits per heavy atom. The molecule has 1 nitrogen and oxygen atoms in total. The Balaban J connectivity index is 0.974. The van der Waals surface area contributed by atoms with Gasteiger partial charge in [-0.05, 0) is 181 Å². The van der Waals surface area contributed by atoms with Crippen molar-refractivity contribution in [2.24, 2.45) is 29.6 Å². The van der Waals surface area contributed by atoms with Gasteiger partial charge in [0.15, 0.2) is 0 Å². The van der Waals surface area contributed by atoms with E-state index in [0.717, 1.165) is 35.5 Å². The molecule has 3 unspecified atom stereocenters. The van der Waals surface area contributed by atoms with E-state index >= 15 is 0 Å². The number of hydrogen-bond donors (Lipinski definition) is 0. The second-order valence-electron chi connectivity index (χ2n) is 18.8. The smallest absolute Gasteiger partial charge is 0.0465 e. The third-order valence-electron chi connectivity index (χ3n) is 15.5. The minimum Gasteiger partial charge on any atom is -0.310 e. The summed E-state index contributed by atoms with van der Waals surface area (Å²) in [5.74, 6) is 5.50. The van der Waals surface area contributed by atoms with Gasteiger partial charge in [0, 0.05) is 42.6 Å². The maximum absolute atomic E-state index is 2.56. The molecule has 0 spiro atoms. The van der Waals surface area contributed by atoms with Crippen LogP contribution in [0.25, 0.3) is 31.3 Å². The van der Waals surface area contributed by atoms with Crippen molar-refractivity contribution < 1.29 is 0 Å². The topological polar surface area (TPSA) is 3.24 Å². The van der Waals surface area contributed by atoms with Crippen LogP contribution in [-0.4, -0.2) is 0 Å². The van der Waals surface area contributed by atoms with E-state index in [2.05, 4.69) is 122 Å². The van der Waals surface area contributed by atoms with Gasteiger partial charge < -0.3 is 4.90 Å². The van der Waals surface area contributed by atoms with Crippen molar-refractivity contribution in [3.8, 4) is 11.1 Å². The molecule has 6 saturated carbocycles. The highest BCUT2D eigenvalue weighted by molar-refractivity contribution is 7.26. The minimum absolute atomic E-state index is 0.0857. The Hall–Kier alpha value is -3.88. The third kappa shape index (κ3) is 4.34. The Morgan fingerprint density at radius 3 is 1.98 bits per heavy atom. The molecule has 260 valence electrons. The van der Waals surface area contributed by atoms with Crippen LogP contribution in [0.4, 0.5) is 17.1 Å². The molecule has 1 aromatic heterocycles. The SMILES string of the molecule is CC1(C)c2cc(N(c3ccc(C4CC5CCC4C5)cc3)c3ccc(C45CC6CC(CC(C6)C4)C5)cc3)ccc2-c2c1ccc1sc3ccccc3c21. The number of thiophene rings is 1. The lowest BCUT2D eigenvalue weighted by atomic mass is 9.48. The van der Waals surface area contributed by atoms with Gasteiger partial charge >= 0.3 is 0 Å². The summed E-state index contributed by atoms with van der Waals surface area (Å²) in [6, 6.07) is 41.0. The van der Waals surface area contributed by atoms with E-state index in [4.69, 9.17) is 0 Å². The molecule has 7 aliphatic carbocycles. The van der Waals surface area contributed by atoms with E-state index in [1.165, 1.54) is 124 Å². The van der Waals surface area contributed by atoms with Crippen LogP contribution < -0.4 is 4.90 Å². The summed E-state index contributed by atoms with van der Waals surface area (Å²) in [7, 11) is 0. The van der Waals surface area contributed by atoms with E-state index in [1.807, 2.05) is 11.3 Å². The van der Waals surface area contributed by atoms with Crippen molar-refractivity contribution in [2.45, 2.75) is 94.8 Å². The van der Waals surface area contributed by atoms with Gasteiger partial charge in [0.25, 0.3) is 0 Å². The van der Waals surface area contributed by atoms with Gasteiger partial charge in [-0.3, -0.25) is 0 Å². The average Bonchev–Trinajstić information content (AvgIpc) is 3.93. The molecule has 0 N–H and O–H groups in total. The van der Waals surface area contributed by atoms with Crippen LogP contribution in [0.2, 0.25) is 0 Å². The lowest BCUT2D eigenvalue weighted by molar-refractivity contribution is -0.00518. The number of fused-ring (bicyclic) bond motifs is 9. The van der Waals surface area contributed by atoms with Gasteiger partial charge in [-0.2, -0.15) is 0 Å². The summed E-state index contributed by atoms with van der Waals surface area (Å²) in [4.78, 5) is 2.56. The fourth-order valence-electron chi connectivity index (χ4n) is 13.6. The highest BCUT2D eigenvalue weighted by Gasteiger charge is 2.51. The minimum atomic E-state index is -0.0857. The van der Waals surface area contributed by atoms with Gasteiger partial charge in [-0.15, -0.1) is 11.3 Å². The average molecular weight is 696 g/mol. The van der Waals surface area contributed by atoms with Crippen LogP contribution in [-0.2, 0) is 10.8 Å². The molecule has 13 rings (SSSR count). The molecule has 52 heavy (non-hydrogen) atoms. The summed E-state index contributed by atoms with van der Waals surface area (Å²) >= 11 is 1.93. The van der Waals surface area contributed by atoms with Crippen LogP contribution in [0.5, 0.6) is 0 Å². The fourth-order valence-corrected chi connectivity index (χ4v) is 14.7. The van der Waals surface area contributed by atoms with Gasteiger partial charge in [0.1, 0.15) is 0 Å². The first-order valence-corrected chi connectivity index (χ1v) is 21.3. The van der Waals surface area contributed by atoms with Crippen molar-refractivity contribution >= 4 is 48.6 Å². The predicted octanol–water partition coefficient (Wildman–Crippen LogP) is 14.2. The maximum Gasteiger partial charge on any atom is 0.0465 e. The van der Waals surface area contributed by atoms with Crippen LogP contribution in [0.3, 0.4) is 0 Å².